The fourth-order valence-corrected chi connectivity index (χ4v) is 3.43. The molecule has 3 aromatic carbocycles. The van der Waals surface area contributed by atoms with Gasteiger partial charge in [0.1, 0.15) is 5.58 Å². The van der Waals surface area contributed by atoms with E-state index in [0.717, 1.165) is 9.86 Å². The third-order valence-electron chi connectivity index (χ3n) is 4.56. The Morgan fingerprint density at radius 2 is 1.66 bits per heavy atom. The summed E-state index contributed by atoms with van der Waals surface area (Å²) in [6.07, 6.45) is 0. The number of anilines is 2. The molecule has 0 bridgehead atoms. The number of fused-ring (bicyclic) bond motifs is 1. The molecule has 4 rings (SSSR count). The van der Waals surface area contributed by atoms with Gasteiger partial charge < -0.3 is 15.1 Å². The van der Waals surface area contributed by atoms with E-state index in [2.05, 4.69) is 26.6 Å². The molecule has 2 amide bonds. The molecule has 5 nitrogen and oxygen atoms in total. The summed E-state index contributed by atoms with van der Waals surface area (Å²) < 4.78 is 6.55. The fraction of sp³-hybridized carbons (Fsp3) is 0.0435. The third-order valence-corrected chi connectivity index (χ3v) is 5.05. The van der Waals surface area contributed by atoms with Gasteiger partial charge in [-0.15, -0.1) is 0 Å². The van der Waals surface area contributed by atoms with E-state index in [0.29, 0.717) is 28.1 Å². The summed E-state index contributed by atoms with van der Waals surface area (Å²) in [4.78, 5) is 25.3. The van der Waals surface area contributed by atoms with Crippen molar-refractivity contribution >= 4 is 50.1 Å². The van der Waals surface area contributed by atoms with Crippen LogP contribution in [-0.2, 0) is 0 Å². The van der Waals surface area contributed by atoms with Crippen LogP contribution in [0.2, 0.25) is 0 Å². The topological polar surface area (TPSA) is 71.3 Å². The molecule has 4 aromatic rings. The summed E-state index contributed by atoms with van der Waals surface area (Å²) in [5.41, 5.74) is 3.05. The first-order valence-corrected chi connectivity index (χ1v) is 9.77. The smallest absolute Gasteiger partial charge is 0.291 e. The Hall–Kier alpha value is -3.38. The lowest BCUT2D eigenvalue weighted by atomic mass is 10.1. The number of benzene rings is 3. The minimum Gasteiger partial charge on any atom is -0.451 e. The molecule has 0 fully saturated rings. The van der Waals surface area contributed by atoms with Crippen LogP contribution in [0.15, 0.2) is 81.7 Å². The normalized spacial score (nSPS) is 10.7. The summed E-state index contributed by atoms with van der Waals surface area (Å²) in [5, 5.41) is 6.53. The summed E-state index contributed by atoms with van der Waals surface area (Å²) in [7, 11) is 0. The molecule has 144 valence electrons. The number of rotatable bonds is 4. The molecule has 2 N–H and O–H groups in total. The van der Waals surface area contributed by atoms with Gasteiger partial charge in [0.15, 0.2) is 5.76 Å². The molecule has 29 heavy (non-hydrogen) atoms. The summed E-state index contributed by atoms with van der Waals surface area (Å²) in [6.45, 7) is 1.80. The van der Waals surface area contributed by atoms with E-state index in [-0.39, 0.29) is 17.6 Å². The number of para-hydroxylation sites is 1. The molecule has 0 saturated carbocycles. The van der Waals surface area contributed by atoms with Crippen LogP contribution < -0.4 is 10.6 Å². The van der Waals surface area contributed by atoms with Gasteiger partial charge >= 0.3 is 0 Å². The van der Waals surface area contributed by atoms with Crippen molar-refractivity contribution in [2.75, 3.05) is 10.6 Å². The Bertz CT molecular complexity index is 1220. The summed E-state index contributed by atoms with van der Waals surface area (Å²) >= 11 is 3.41. The first kappa shape index (κ1) is 19.0. The first-order chi connectivity index (χ1) is 14.0. The van der Waals surface area contributed by atoms with Gasteiger partial charge in [-0.2, -0.15) is 0 Å². The van der Waals surface area contributed by atoms with Crippen LogP contribution in [0, 0.1) is 6.92 Å². The molecule has 1 heterocycles. The van der Waals surface area contributed by atoms with Crippen molar-refractivity contribution in [2.45, 2.75) is 6.92 Å². The van der Waals surface area contributed by atoms with Crippen LogP contribution in [0.4, 0.5) is 11.4 Å². The van der Waals surface area contributed by atoms with Gasteiger partial charge in [-0.1, -0.05) is 40.2 Å². The van der Waals surface area contributed by atoms with Gasteiger partial charge in [-0.25, -0.2) is 0 Å². The highest BCUT2D eigenvalue weighted by Crippen LogP contribution is 2.25. The van der Waals surface area contributed by atoms with Crippen molar-refractivity contribution < 1.29 is 14.0 Å². The second-order valence-corrected chi connectivity index (χ2v) is 7.46. The van der Waals surface area contributed by atoms with Gasteiger partial charge in [0.25, 0.3) is 11.8 Å². The highest BCUT2D eigenvalue weighted by atomic mass is 79.9. The predicted molar refractivity (Wildman–Crippen MR) is 117 cm³/mol. The van der Waals surface area contributed by atoms with Gasteiger partial charge in [-0.05, 0) is 61.0 Å². The van der Waals surface area contributed by atoms with E-state index < -0.39 is 0 Å². The molecular formula is C23H17BrN2O3. The van der Waals surface area contributed by atoms with E-state index in [4.69, 9.17) is 4.42 Å². The number of nitrogens with one attached hydrogen (secondary N) is 2. The van der Waals surface area contributed by atoms with Crippen LogP contribution in [0.5, 0.6) is 0 Å². The van der Waals surface area contributed by atoms with Crippen LogP contribution in [0.1, 0.15) is 26.5 Å². The standard InChI is InChI=1S/C23H17BrN2O3/c1-14-18(22(27)25-17-6-3-2-4-7-17)8-5-9-19(14)26-23(28)21-13-15-12-16(24)10-11-20(15)29-21/h2-13H,1H3,(H,25,27)(H,26,28). The Labute approximate surface area is 175 Å². The molecule has 0 aliphatic carbocycles. The Morgan fingerprint density at radius 3 is 2.45 bits per heavy atom. The average Bonchev–Trinajstić information content (AvgIpc) is 3.13. The second kappa shape index (κ2) is 7.93. The number of halogens is 1. The second-order valence-electron chi connectivity index (χ2n) is 6.55. The molecule has 1 aromatic heterocycles. The van der Waals surface area contributed by atoms with Crippen LogP contribution in [0.25, 0.3) is 11.0 Å². The Kier molecular flexibility index (Phi) is 5.18. The van der Waals surface area contributed by atoms with Gasteiger partial charge in [0.2, 0.25) is 0 Å². The largest absolute Gasteiger partial charge is 0.451 e. The zero-order chi connectivity index (χ0) is 20.4. The summed E-state index contributed by atoms with van der Waals surface area (Å²) in [5.74, 6) is -0.406. The van der Waals surface area contributed by atoms with E-state index in [1.807, 2.05) is 42.5 Å². The van der Waals surface area contributed by atoms with E-state index in [1.54, 1.807) is 37.3 Å². The highest BCUT2D eigenvalue weighted by Gasteiger charge is 2.17. The molecule has 0 saturated heterocycles. The SMILES string of the molecule is Cc1c(NC(=O)c2cc3cc(Br)ccc3o2)cccc1C(=O)Nc1ccccc1. The maximum absolute atomic E-state index is 12.7. The number of amides is 2. The van der Waals surface area contributed by atoms with Gasteiger partial charge in [-0.3, -0.25) is 9.59 Å². The quantitative estimate of drug-likeness (QED) is 0.401. The molecule has 0 unspecified atom stereocenters. The Morgan fingerprint density at radius 1 is 0.862 bits per heavy atom. The third kappa shape index (κ3) is 4.07. The maximum Gasteiger partial charge on any atom is 0.291 e. The highest BCUT2D eigenvalue weighted by molar-refractivity contribution is 9.10. The number of carbonyl (C=O) groups excluding carboxylic acids is 2. The van der Waals surface area contributed by atoms with Crippen molar-refractivity contribution in [2.24, 2.45) is 0 Å². The predicted octanol–water partition coefficient (Wildman–Crippen LogP) is 6.01. The molecule has 0 radical (unpaired) electrons. The van der Waals surface area contributed by atoms with Gasteiger partial charge in [0.05, 0.1) is 0 Å². The zero-order valence-corrected chi connectivity index (χ0v) is 17.1. The van der Waals surface area contributed by atoms with E-state index >= 15 is 0 Å². The van der Waals surface area contributed by atoms with Crippen molar-refractivity contribution in [1.29, 1.82) is 0 Å². The average molecular weight is 449 g/mol. The number of furan rings is 1. The van der Waals surface area contributed by atoms with Crippen molar-refractivity contribution in [3.63, 3.8) is 0 Å². The molecular weight excluding hydrogens is 432 g/mol. The van der Waals surface area contributed by atoms with Crippen LogP contribution in [0.3, 0.4) is 0 Å². The van der Waals surface area contributed by atoms with Gasteiger partial charge in [0, 0.05) is 26.8 Å². The molecule has 0 aliphatic heterocycles. The Balaban J connectivity index is 1.56. The lowest BCUT2D eigenvalue weighted by molar-refractivity contribution is 0.0995. The molecule has 0 spiro atoms. The minimum absolute atomic E-state index is 0.205. The molecule has 6 heteroatoms. The summed E-state index contributed by atoms with van der Waals surface area (Å²) in [6, 6.07) is 21.7. The maximum atomic E-state index is 12.7. The van der Waals surface area contributed by atoms with Crippen molar-refractivity contribution in [3.05, 3.63) is 94.2 Å². The first-order valence-electron chi connectivity index (χ1n) is 8.98. The molecule has 0 atom stereocenters. The lowest BCUT2D eigenvalue weighted by Crippen LogP contribution is -2.16. The van der Waals surface area contributed by atoms with Crippen LogP contribution >= 0.6 is 15.9 Å². The minimum atomic E-state index is -0.374. The van der Waals surface area contributed by atoms with E-state index in [1.165, 1.54) is 0 Å². The zero-order valence-electron chi connectivity index (χ0n) is 15.5. The van der Waals surface area contributed by atoms with E-state index in [9.17, 15) is 9.59 Å². The number of hydrogen-bond donors (Lipinski definition) is 2. The van der Waals surface area contributed by atoms with Crippen LogP contribution in [-0.4, -0.2) is 11.8 Å². The van der Waals surface area contributed by atoms with Crippen molar-refractivity contribution in [3.8, 4) is 0 Å². The number of hydrogen-bond acceptors (Lipinski definition) is 3. The lowest BCUT2D eigenvalue weighted by Gasteiger charge is -2.12. The number of carbonyl (C=O) groups is 2. The van der Waals surface area contributed by atoms with Crippen molar-refractivity contribution in [1.82, 2.24) is 0 Å². The fourth-order valence-electron chi connectivity index (χ4n) is 3.05. The molecule has 0 aliphatic rings. The monoisotopic (exact) mass is 448 g/mol.